The van der Waals surface area contributed by atoms with Crippen LogP contribution in [0.3, 0.4) is 0 Å². The lowest BCUT2D eigenvalue weighted by Crippen LogP contribution is -2.06. The van der Waals surface area contributed by atoms with Crippen molar-refractivity contribution in [2.45, 2.75) is 4.90 Å². The van der Waals surface area contributed by atoms with Crippen molar-refractivity contribution in [1.29, 1.82) is 0 Å². The normalized spacial score (nSPS) is 14.9. The van der Waals surface area contributed by atoms with Gasteiger partial charge in [0.25, 0.3) is 0 Å². The zero-order chi connectivity index (χ0) is 14.2. The quantitative estimate of drug-likeness (QED) is 0.271. The fourth-order valence-electron chi connectivity index (χ4n) is 0.862. The average Bonchev–Trinajstić information content (AvgIpc) is 2.29. The molecule has 0 bridgehead atoms. The zero-order valence-corrected chi connectivity index (χ0v) is 12.4. The van der Waals surface area contributed by atoms with E-state index in [1.165, 1.54) is 18.8 Å². The Balaban J connectivity index is 3.40. The fourth-order valence-corrected chi connectivity index (χ4v) is 4.60. The molecule has 0 radical (unpaired) electrons. The minimum Gasteiger partial charge on any atom is -0.721 e. The van der Waals surface area contributed by atoms with Crippen LogP contribution in [0.15, 0.2) is 4.90 Å². The van der Waals surface area contributed by atoms with Gasteiger partial charge in [-0.1, -0.05) is 27.8 Å². The molecule has 0 saturated carbocycles. The SMILES string of the molecule is CN(C)P(=S)([S-])Sc1c(F)c(F)c(F)c(F)c1F. The van der Waals surface area contributed by atoms with Gasteiger partial charge in [0.1, 0.15) is 0 Å². The highest BCUT2D eigenvalue weighted by Gasteiger charge is 2.27. The van der Waals surface area contributed by atoms with Crippen molar-refractivity contribution in [2.75, 3.05) is 14.1 Å². The van der Waals surface area contributed by atoms with Gasteiger partial charge in [-0.25, -0.2) is 22.0 Å². The van der Waals surface area contributed by atoms with E-state index in [9.17, 15) is 22.0 Å². The van der Waals surface area contributed by atoms with Crippen LogP contribution in [0.1, 0.15) is 0 Å². The van der Waals surface area contributed by atoms with Crippen LogP contribution in [-0.2, 0) is 24.1 Å². The number of hydrogen-bond donors (Lipinski definition) is 0. The Morgan fingerprint density at radius 2 is 1.28 bits per heavy atom. The Bertz CT molecular complexity index is 507. The maximum absolute atomic E-state index is 13.4. The van der Waals surface area contributed by atoms with Gasteiger partial charge in [-0.15, -0.1) is 0 Å². The zero-order valence-electron chi connectivity index (χ0n) is 9.01. The van der Waals surface area contributed by atoms with Crippen LogP contribution in [0.25, 0.3) is 0 Å². The molecule has 1 nitrogen and oxygen atoms in total. The molecule has 0 fully saturated rings. The van der Waals surface area contributed by atoms with Gasteiger partial charge >= 0.3 is 0 Å². The lowest BCUT2D eigenvalue weighted by molar-refractivity contribution is 0.361. The average molecular weight is 338 g/mol. The summed E-state index contributed by atoms with van der Waals surface area (Å²) < 4.78 is 63.9. The van der Waals surface area contributed by atoms with Gasteiger partial charge in [0.2, 0.25) is 5.82 Å². The molecule has 0 heterocycles. The minimum atomic E-state index is -2.86. The predicted octanol–water partition coefficient (Wildman–Crippen LogP) is 3.81. The molecule has 0 saturated heterocycles. The van der Waals surface area contributed by atoms with E-state index < -0.39 is 38.6 Å². The Hall–Kier alpha value is 0.180. The minimum absolute atomic E-state index is 0.314. The van der Waals surface area contributed by atoms with E-state index >= 15 is 0 Å². The molecule has 18 heavy (non-hydrogen) atoms. The summed E-state index contributed by atoms with van der Waals surface area (Å²) >= 11 is 10.2. The monoisotopic (exact) mass is 338 g/mol. The summed E-state index contributed by atoms with van der Waals surface area (Å²) in [7, 11) is 2.96. The summed E-state index contributed by atoms with van der Waals surface area (Å²) in [6, 6.07) is 0. The van der Waals surface area contributed by atoms with E-state index in [1.807, 2.05) is 0 Å². The molecule has 1 rings (SSSR count). The third-order valence-corrected chi connectivity index (χ3v) is 9.14. The summed E-state index contributed by atoms with van der Waals surface area (Å²) in [4.78, 5) is -1.03. The lowest BCUT2D eigenvalue weighted by Gasteiger charge is -2.34. The van der Waals surface area contributed by atoms with Crippen molar-refractivity contribution in [1.82, 2.24) is 4.67 Å². The predicted molar refractivity (Wildman–Crippen MR) is 67.4 cm³/mol. The second kappa shape index (κ2) is 5.66. The van der Waals surface area contributed by atoms with Crippen LogP contribution < -0.4 is 0 Å². The van der Waals surface area contributed by atoms with Gasteiger partial charge in [-0.2, -0.15) is 0 Å². The van der Waals surface area contributed by atoms with Crippen molar-refractivity contribution < 1.29 is 22.0 Å². The molecule has 10 heteroatoms. The van der Waals surface area contributed by atoms with E-state index in [0.717, 1.165) is 0 Å². The fraction of sp³-hybridized carbons (Fsp3) is 0.250. The van der Waals surface area contributed by atoms with E-state index in [1.54, 1.807) is 0 Å². The van der Waals surface area contributed by atoms with Gasteiger partial charge in [0, 0.05) is 0 Å². The molecule has 0 aliphatic heterocycles. The van der Waals surface area contributed by atoms with Crippen molar-refractivity contribution in [2.24, 2.45) is 0 Å². The molecular formula is C8H6F5NPS3-. The van der Waals surface area contributed by atoms with Crippen LogP contribution in [0.4, 0.5) is 22.0 Å². The summed E-state index contributed by atoms with van der Waals surface area (Å²) in [6.07, 6.45) is 0. The van der Waals surface area contributed by atoms with Crippen LogP contribution in [-0.4, -0.2) is 18.8 Å². The van der Waals surface area contributed by atoms with Gasteiger partial charge in [0.05, 0.1) is 4.90 Å². The first-order valence-electron chi connectivity index (χ1n) is 4.29. The molecule has 0 N–H and O–H groups in total. The second-order valence-corrected chi connectivity index (χ2v) is 13.0. The molecule has 0 spiro atoms. The van der Waals surface area contributed by atoms with Gasteiger partial charge in [-0.05, 0) is 14.1 Å². The molecule has 1 aromatic rings. The molecule has 1 aromatic carbocycles. The van der Waals surface area contributed by atoms with E-state index in [2.05, 4.69) is 0 Å². The maximum atomic E-state index is 13.4. The Labute approximate surface area is 115 Å². The highest BCUT2D eigenvalue weighted by atomic mass is 33.2. The molecular weight excluding hydrogens is 332 g/mol. The summed E-state index contributed by atoms with van der Waals surface area (Å²) in [6.45, 7) is 0. The molecule has 1 unspecified atom stereocenters. The number of nitrogens with zero attached hydrogens (tertiary/aromatic N) is 1. The molecule has 0 aromatic heterocycles. The van der Waals surface area contributed by atoms with Crippen molar-refractivity contribution >= 4 is 40.0 Å². The maximum Gasteiger partial charge on any atom is 0.200 e. The van der Waals surface area contributed by atoms with E-state index in [4.69, 9.17) is 24.1 Å². The number of halogens is 5. The lowest BCUT2D eigenvalue weighted by atomic mass is 10.3. The highest BCUT2D eigenvalue weighted by Crippen LogP contribution is 2.62. The topological polar surface area (TPSA) is 3.24 Å². The largest absolute Gasteiger partial charge is 0.721 e. The van der Waals surface area contributed by atoms with Crippen molar-refractivity contribution in [3.8, 4) is 0 Å². The van der Waals surface area contributed by atoms with Gasteiger partial charge in [0.15, 0.2) is 23.3 Å². The van der Waals surface area contributed by atoms with Gasteiger partial charge < -0.3 is 12.2 Å². The standard InChI is InChI=1S/C8H7F5NPS3/c1-14(2)15(16,17)18-8-6(12)4(10)3(9)5(11)7(8)13/h1-2H3,(H,16,17)/p-1. The molecule has 0 aliphatic rings. The number of rotatable bonds is 3. The highest BCUT2D eigenvalue weighted by molar-refractivity contribution is 8.91. The molecule has 102 valence electrons. The van der Waals surface area contributed by atoms with Gasteiger partial charge in [-0.3, -0.25) is 4.67 Å². The second-order valence-electron chi connectivity index (χ2n) is 3.31. The first-order valence-corrected chi connectivity index (χ1v) is 9.48. The van der Waals surface area contributed by atoms with Crippen LogP contribution in [0.5, 0.6) is 0 Å². The number of hydrogen-bond acceptors (Lipinski definition) is 3. The number of benzene rings is 1. The Morgan fingerprint density at radius 1 is 0.944 bits per heavy atom. The Morgan fingerprint density at radius 3 is 1.61 bits per heavy atom. The van der Waals surface area contributed by atoms with Crippen LogP contribution in [0, 0.1) is 29.1 Å². The van der Waals surface area contributed by atoms with Crippen molar-refractivity contribution in [3.05, 3.63) is 29.1 Å². The summed E-state index contributed by atoms with van der Waals surface area (Å²) in [5.74, 6) is -10.0. The third-order valence-electron chi connectivity index (χ3n) is 1.87. The third kappa shape index (κ3) is 3.01. The smallest absolute Gasteiger partial charge is 0.200 e. The first-order chi connectivity index (χ1) is 8.09. The van der Waals surface area contributed by atoms with E-state index in [0.29, 0.717) is 11.4 Å². The molecule has 1 atom stereocenters. The van der Waals surface area contributed by atoms with Crippen LogP contribution >= 0.6 is 16.0 Å². The van der Waals surface area contributed by atoms with Crippen LogP contribution in [0.2, 0.25) is 0 Å². The van der Waals surface area contributed by atoms with Crippen molar-refractivity contribution in [3.63, 3.8) is 0 Å². The summed E-state index contributed by atoms with van der Waals surface area (Å²) in [5, 5.41) is 0. The Kier molecular flexibility index (Phi) is 5.11. The molecule has 0 amide bonds. The first kappa shape index (κ1) is 16.2. The molecule has 0 aliphatic carbocycles. The summed E-state index contributed by atoms with van der Waals surface area (Å²) in [5.41, 5.74) is 0. The van der Waals surface area contributed by atoms with E-state index in [-0.39, 0.29) is 0 Å².